The number of fused-ring (bicyclic) bond motifs is 4. The second kappa shape index (κ2) is 39.2. The topological polar surface area (TPSA) is 334 Å². The smallest absolute Gasteiger partial charge is 0.307 e. The number of Topliss-reactive ketones (excluding diaryl/α,β-unsaturated/α-hetero) is 2. The van der Waals surface area contributed by atoms with E-state index in [1.54, 1.807) is 93.9 Å². The molecule has 26 nitrogen and oxygen atoms in total. The number of carbonyl (C=O) groups is 8. The monoisotopic (exact) mass is 1860 g/mol. The van der Waals surface area contributed by atoms with Gasteiger partial charge < -0.3 is 28.7 Å². The lowest BCUT2D eigenvalue weighted by molar-refractivity contribution is -0.159. The number of para-hydroxylation sites is 2. The van der Waals surface area contributed by atoms with Gasteiger partial charge in [0.1, 0.15) is 44.5 Å². The number of allylic oxidation sites excluding steroid dienone is 4. The van der Waals surface area contributed by atoms with E-state index in [9.17, 15) is 36.0 Å². The minimum Gasteiger partial charge on any atom is -0.460 e. The summed E-state index contributed by atoms with van der Waals surface area (Å²) in [6.07, 6.45) is 26.8. The van der Waals surface area contributed by atoms with E-state index in [0.717, 1.165) is 119 Å². The zero-order chi connectivity index (χ0) is 93.5. The van der Waals surface area contributed by atoms with Gasteiger partial charge in [-0.3, -0.25) is 56.9 Å². The van der Waals surface area contributed by atoms with Crippen molar-refractivity contribution in [2.24, 2.45) is 46.3 Å². The maximum Gasteiger partial charge on any atom is 0.307 e. The van der Waals surface area contributed by atoms with Crippen molar-refractivity contribution < 1.29 is 74.1 Å². The van der Waals surface area contributed by atoms with Crippen LogP contribution in [-0.2, 0) is 67.9 Å². The minimum absolute atomic E-state index is 0.0277. The number of nitrogens with zero attached hydrogens (tertiary/aromatic N) is 8. The highest BCUT2D eigenvalue weighted by molar-refractivity contribution is 7.92. The van der Waals surface area contributed by atoms with E-state index in [0.29, 0.717) is 81.6 Å². The van der Waals surface area contributed by atoms with Crippen molar-refractivity contribution in [2.45, 2.75) is 358 Å². The molecule has 12 atom stereocenters. The van der Waals surface area contributed by atoms with E-state index in [4.69, 9.17) is 38.9 Å². The Balaban J connectivity index is 0.000000210. The molecule has 0 radical (unpaired) electrons. The number of benzene rings is 2. The van der Waals surface area contributed by atoms with E-state index in [2.05, 4.69) is 61.1 Å². The zero-order valence-electron chi connectivity index (χ0n) is 78.8. The first kappa shape index (κ1) is 97.5. The van der Waals surface area contributed by atoms with Crippen LogP contribution in [0.15, 0.2) is 84.6 Å². The molecule has 130 heavy (non-hydrogen) atoms. The highest BCUT2D eigenvalue weighted by Gasteiger charge is 2.65. The fourth-order valence-electron chi connectivity index (χ4n) is 20.5. The second-order valence-electron chi connectivity index (χ2n) is 42.0. The van der Waals surface area contributed by atoms with Crippen LogP contribution in [0.1, 0.15) is 325 Å². The van der Waals surface area contributed by atoms with E-state index in [1.165, 1.54) is 38.5 Å². The summed E-state index contributed by atoms with van der Waals surface area (Å²) < 4.78 is 85.4. The van der Waals surface area contributed by atoms with Gasteiger partial charge in [0.05, 0.1) is 80.8 Å². The molecule has 2 saturated heterocycles. The molecule has 8 fully saturated rings. The van der Waals surface area contributed by atoms with Crippen molar-refractivity contribution in [2.75, 3.05) is 13.1 Å². The maximum absolute atomic E-state index is 15.1. The zero-order valence-corrected chi connectivity index (χ0v) is 82.1. The minimum atomic E-state index is -3.98. The first-order valence-electron chi connectivity index (χ1n) is 47.9. The van der Waals surface area contributed by atoms with Crippen molar-refractivity contribution in [3.05, 3.63) is 96.0 Å². The van der Waals surface area contributed by atoms with E-state index < -0.39 is 129 Å². The molecule has 7 heterocycles. The molecule has 4 aromatic heterocycles. The van der Waals surface area contributed by atoms with Crippen molar-refractivity contribution in [3.8, 4) is 33.2 Å². The summed E-state index contributed by atoms with van der Waals surface area (Å²) >= 11 is 3.26. The van der Waals surface area contributed by atoms with Crippen LogP contribution in [0.3, 0.4) is 0 Å². The van der Waals surface area contributed by atoms with Gasteiger partial charge in [-0.1, -0.05) is 114 Å². The Morgan fingerprint density at radius 3 is 1.65 bits per heavy atom. The molecule has 6 saturated carbocycles. The molecule has 0 bridgehead atoms. The average Bonchev–Trinajstić information content (AvgIpc) is 1.57. The van der Waals surface area contributed by atoms with Crippen molar-refractivity contribution in [1.82, 2.24) is 48.3 Å². The largest absolute Gasteiger partial charge is 0.460 e. The fraction of sp³-hybridized carbons (Fsp3) is 0.660. The van der Waals surface area contributed by atoms with Gasteiger partial charge >= 0.3 is 11.9 Å². The van der Waals surface area contributed by atoms with Gasteiger partial charge in [-0.15, -0.1) is 35.8 Å². The van der Waals surface area contributed by atoms with Crippen LogP contribution in [0.2, 0.25) is 0 Å². The third-order valence-corrected chi connectivity index (χ3v) is 35.1. The summed E-state index contributed by atoms with van der Waals surface area (Å²) in [6, 6.07) is 10.7. The molecule has 4 amide bonds. The number of ether oxygens (including phenoxy) is 4. The number of aromatic nitrogens is 6. The highest BCUT2D eigenvalue weighted by Crippen LogP contribution is 2.60. The van der Waals surface area contributed by atoms with Crippen LogP contribution in [0.5, 0.6) is 12.0 Å². The molecule has 2 N–H and O–H groups in total. The van der Waals surface area contributed by atoms with E-state index in [-0.39, 0.29) is 86.6 Å². The lowest BCUT2D eigenvalue weighted by atomic mass is 9.87. The predicted molar refractivity (Wildman–Crippen MR) is 506 cm³/mol. The Morgan fingerprint density at radius 2 is 1.15 bits per heavy atom. The number of carbonyl (C=O) groups excluding carboxylic acids is 8. The number of likely N-dealkylation sites (tertiary alicyclic amines) is 1. The third-order valence-electron chi connectivity index (χ3n) is 29.0. The summed E-state index contributed by atoms with van der Waals surface area (Å²) in [6.45, 7) is 33.8. The molecular weight excluding hydrogens is 1730 g/mol. The van der Waals surface area contributed by atoms with Crippen LogP contribution in [0.25, 0.3) is 43.2 Å². The number of esters is 2. The number of sulfonamides is 2. The number of rotatable bonds is 31. The fourth-order valence-corrected chi connectivity index (χ4v) is 25.0. The first-order valence-corrected chi connectivity index (χ1v) is 52.7. The Kier molecular flexibility index (Phi) is 29.4. The molecule has 3 aliphatic heterocycles. The van der Waals surface area contributed by atoms with Gasteiger partial charge in [0.25, 0.3) is 12.0 Å². The summed E-state index contributed by atoms with van der Waals surface area (Å²) in [5.74, 6) is -6.26. The van der Waals surface area contributed by atoms with Gasteiger partial charge in [0.2, 0.25) is 43.7 Å². The Hall–Kier alpha value is -8.48. The molecule has 30 heteroatoms. The number of thiazole rings is 2. The Bertz CT molecular complexity index is 5490. The SMILES string of the molecule is C=CCCCCC[C@H](CC(=O)OC(C)(C)C)C(=O)N1C[C@H](Oc2nc3c(-c4nc(C5CCCCC5)cs4)cccc3n2C(C)C)[C@@H](C)[C@H]1C(=O)C[C@]1(C(=O)NS(=O)(=O)C2(C)CC2)C[C@H]1C=C.CC(C)n1c(O[C@H]2CN3C(=O)[C@@H](CC(=O)OC(C)(C)C)CCCCC/C=C\[C@@H]4C[C@@]4(C(=O)NS(=O)(=O)C4(C)CC4)CC(=O)[C@@H]3[C@@H]2C)nc2c(-c3nc(C4CCCCC4)cs3)cccc21. The van der Waals surface area contributed by atoms with Gasteiger partial charge in [-0.25, -0.2) is 26.8 Å². The van der Waals surface area contributed by atoms with Gasteiger partial charge in [0, 0.05) is 82.3 Å². The van der Waals surface area contributed by atoms with E-state index >= 15 is 19.2 Å². The van der Waals surface area contributed by atoms with Crippen LogP contribution in [0.4, 0.5) is 0 Å². The lowest BCUT2D eigenvalue weighted by Crippen LogP contribution is -2.48. The first-order chi connectivity index (χ1) is 61.5. The molecular formula is C100H138N10O16S4. The number of unbranched alkanes of at least 4 members (excludes halogenated alkanes) is 3. The van der Waals surface area contributed by atoms with E-state index in [1.807, 2.05) is 77.6 Å². The van der Waals surface area contributed by atoms with Gasteiger partial charge in [-0.05, 0) is 222 Å². The number of imidazole rings is 2. The molecule has 6 aromatic rings. The molecule has 15 rings (SSSR count). The predicted octanol–water partition coefficient (Wildman–Crippen LogP) is 19.2. The molecule has 708 valence electrons. The molecule has 2 aromatic carbocycles. The second-order valence-corrected chi connectivity index (χ2v) is 48.1. The normalized spacial score (nSPS) is 26.5. The number of nitrogens with one attached hydrogen (secondary N) is 2. The van der Waals surface area contributed by atoms with Crippen LogP contribution >= 0.6 is 22.7 Å². The molecule has 0 spiro atoms. The molecule has 0 unspecified atom stereocenters. The highest BCUT2D eigenvalue weighted by atomic mass is 32.2. The summed E-state index contributed by atoms with van der Waals surface area (Å²) in [5, 5.41) is 6.17. The van der Waals surface area contributed by atoms with Gasteiger partial charge in [-0.2, -0.15) is 9.97 Å². The number of hydrogen-bond acceptors (Lipinski definition) is 22. The number of ketones is 2. The molecule has 9 aliphatic rings. The summed E-state index contributed by atoms with van der Waals surface area (Å²) in [7, 11) is -7.95. The van der Waals surface area contributed by atoms with Crippen molar-refractivity contribution >= 4 is 112 Å². The Labute approximate surface area is 776 Å². The summed E-state index contributed by atoms with van der Waals surface area (Å²) in [4.78, 5) is 139. The molecule has 6 aliphatic carbocycles. The summed E-state index contributed by atoms with van der Waals surface area (Å²) in [5.41, 5.74) is 3.27. The lowest BCUT2D eigenvalue weighted by Gasteiger charge is -2.30. The third kappa shape index (κ3) is 21.3. The van der Waals surface area contributed by atoms with Crippen LogP contribution < -0.4 is 18.9 Å². The Morgan fingerprint density at radius 1 is 0.631 bits per heavy atom. The van der Waals surface area contributed by atoms with Crippen molar-refractivity contribution in [3.63, 3.8) is 0 Å². The average molecular weight is 1860 g/mol. The number of amides is 4. The standard InChI is InChI=1S/C51H71N5O8S2.C49H67N5O8S2/c1-10-12-13-14-16-22-35(27-42(58)64-49(6,7)8)46(59)55-30-41(33(5)44(55)40(57)29-51(28-36(51)11-2)47(60)54-66(61,62)50(9)25-26-50)63-48-53-43-37(23-19-24-39(43)56(48)32(3)4)45-52-38(31-65-45)34-20-17-15-18-21-34;1-30(2)54-37-22-16-21-35(43-50-36(29-63-43)32-17-13-11-14-18-32)41(37)51-46(54)61-39-28-53-42(31(39)3)38(55)27-49(45(58)52-64(59,60)48(7)23-24-48)26-34(49)20-15-10-8-9-12-19-33(44(53)57)25-40(56)62-47(4,5)6/h10-11,19,23-24,31-36,41,44H,1-2,12-18,20-22,25-30H2,3-9H3,(H,54,60);15-16,20-22,29-34,39,42H,8-14,17-19,23-28H2,1-7H3,(H,52,58)/b;20-15-/t33-,35-,36-,41+,44+,51-;31-,33-,34-,39+,42+,49-/m11/s1. The number of hydrogen-bond donors (Lipinski definition) is 2. The van der Waals surface area contributed by atoms with Crippen LogP contribution in [-0.4, -0.2) is 161 Å². The van der Waals surface area contributed by atoms with Gasteiger partial charge in [0.15, 0.2) is 11.6 Å². The maximum atomic E-state index is 15.1. The van der Waals surface area contributed by atoms with Crippen LogP contribution in [0, 0.1) is 46.3 Å². The van der Waals surface area contributed by atoms with Crippen molar-refractivity contribution in [1.29, 1.82) is 0 Å². The quantitative estimate of drug-likeness (QED) is 0.0232.